The number of amides is 3. The molecule has 1 aromatic carbocycles. The van der Waals surface area contributed by atoms with E-state index in [0.29, 0.717) is 24.1 Å². The first kappa shape index (κ1) is 24.2. The summed E-state index contributed by atoms with van der Waals surface area (Å²) in [4.78, 5) is 69.8. The van der Waals surface area contributed by atoms with E-state index in [1.54, 1.807) is 30.3 Å². The van der Waals surface area contributed by atoms with Crippen LogP contribution in [0.2, 0.25) is 0 Å². The van der Waals surface area contributed by atoms with Gasteiger partial charge in [-0.05, 0) is 55.2 Å². The van der Waals surface area contributed by atoms with Crippen LogP contribution in [-0.4, -0.2) is 69.5 Å². The van der Waals surface area contributed by atoms with E-state index in [4.69, 9.17) is 5.73 Å². The van der Waals surface area contributed by atoms with Gasteiger partial charge in [-0.3, -0.25) is 24.0 Å². The molecule has 3 unspecified atom stereocenters. The molecular weight excluding hydrogens is 450 g/mol. The number of nitrogen functional groups attached to an aromatic ring is 1. The summed E-state index contributed by atoms with van der Waals surface area (Å²) in [5, 5.41) is 2.81. The fourth-order valence-corrected chi connectivity index (χ4v) is 4.85. The van der Waals surface area contributed by atoms with Gasteiger partial charge in [0, 0.05) is 24.0 Å². The fraction of sp³-hybridized carbons (Fsp3) is 0.400. The number of nitrogens with two attached hydrogens (primary N) is 1. The van der Waals surface area contributed by atoms with Gasteiger partial charge in [-0.2, -0.15) is 0 Å². The lowest BCUT2D eigenvalue weighted by molar-refractivity contribution is -0.138. The second kappa shape index (κ2) is 9.73. The Morgan fingerprint density at radius 3 is 2.49 bits per heavy atom. The molecule has 0 radical (unpaired) electrons. The van der Waals surface area contributed by atoms with E-state index in [1.807, 2.05) is 13.8 Å². The van der Waals surface area contributed by atoms with Crippen molar-refractivity contribution in [1.29, 1.82) is 0 Å². The molecule has 184 valence electrons. The van der Waals surface area contributed by atoms with Crippen molar-refractivity contribution in [3.63, 3.8) is 0 Å². The van der Waals surface area contributed by atoms with Crippen molar-refractivity contribution in [1.82, 2.24) is 20.1 Å². The number of aromatic nitrogens is 1. The van der Waals surface area contributed by atoms with Gasteiger partial charge in [0.1, 0.15) is 17.6 Å². The van der Waals surface area contributed by atoms with Gasteiger partial charge in [-0.15, -0.1) is 0 Å². The molecule has 4 N–H and O–H groups in total. The number of pyridine rings is 1. The van der Waals surface area contributed by atoms with Gasteiger partial charge in [0.05, 0.1) is 12.6 Å². The van der Waals surface area contributed by atoms with Crippen molar-refractivity contribution < 1.29 is 19.2 Å². The molecule has 0 aliphatic carbocycles. The Morgan fingerprint density at radius 1 is 1.11 bits per heavy atom. The largest absolute Gasteiger partial charge is 0.399 e. The van der Waals surface area contributed by atoms with Crippen molar-refractivity contribution in [2.75, 3.05) is 18.8 Å². The molecule has 2 fully saturated rings. The molecule has 10 heteroatoms. The number of nitrogens with zero attached hydrogens (tertiary/aromatic N) is 2. The van der Waals surface area contributed by atoms with Crippen molar-refractivity contribution in [3.05, 3.63) is 64.1 Å². The maximum atomic E-state index is 13.6. The van der Waals surface area contributed by atoms with Crippen molar-refractivity contribution in [3.8, 4) is 0 Å². The van der Waals surface area contributed by atoms with E-state index in [0.717, 1.165) is 0 Å². The predicted octanol–water partition coefficient (Wildman–Crippen LogP) is 0.796. The summed E-state index contributed by atoms with van der Waals surface area (Å²) in [5.41, 5.74) is 6.03. The molecule has 0 saturated carbocycles. The van der Waals surface area contributed by atoms with E-state index in [1.165, 1.54) is 22.1 Å². The Labute approximate surface area is 202 Å². The standard InChI is InChI=1S/C25H29N5O5/c1-14(2)12-18(28-22(32)15-5-7-16(26)8-6-15)25(35)29-11-9-19-21(29)20(31)13-30(19)24(34)17-4-3-10-27-23(17)33/h3-8,10,14,18-19,21H,9,11-13,26H2,1-2H3,(H,27,33)(H,28,32). The van der Waals surface area contributed by atoms with Crippen LogP contribution in [-0.2, 0) is 9.59 Å². The van der Waals surface area contributed by atoms with Gasteiger partial charge < -0.3 is 25.8 Å². The normalized spacial score (nSPS) is 20.1. The minimum Gasteiger partial charge on any atom is -0.399 e. The Balaban J connectivity index is 1.53. The lowest BCUT2D eigenvalue weighted by Crippen LogP contribution is -2.53. The van der Waals surface area contributed by atoms with Crippen molar-refractivity contribution in [2.24, 2.45) is 5.92 Å². The average Bonchev–Trinajstić information content (AvgIpc) is 3.39. The first-order valence-corrected chi connectivity index (χ1v) is 11.7. The number of H-pyrrole nitrogens is 1. The van der Waals surface area contributed by atoms with E-state index < -0.39 is 35.5 Å². The zero-order chi connectivity index (χ0) is 25.3. The van der Waals surface area contributed by atoms with Crippen LogP contribution in [0.25, 0.3) is 0 Å². The van der Waals surface area contributed by atoms with Crippen LogP contribution in [0.1, 0.15) is 47.4 Å². The highest BCUT2D eigenvalue weighted by Gasteiger charge is 2.52. The summed E-state index contributed by atoms with van der Waals surface area (Å²) in [5.74, 6) is -1.43. The molecule has 2 aromatic rings. The third-order valence-electron chi connectivity index (χ3n) is 6.50. The molecule has 1 aromatic heterocycles. The van der Waals surface area contributed by atoms with E-state index in [2.05, 4.69) is 10.3 Å². The number of carbonyl (C=O) groups is 4. The van der Waals surface area contributed by atoms with Gasteiger partial charge >= 0.3 is 0 Å². The molecule has 0 bridgehead atoms. The number of hydrogen-bond acceptors (Lipinski definition) is 6. The first-order chi connectivity index (χ1) is 16.7. The Morgan fingerprint density at radius 2 is 1.83 bits per heavy atom. The second-order valence-electron chi connectivity index (χ2n) is 9.42. The number of aromatic amines is 1. The van der Waals surface area contributed by atoms with Gasteiger partial charge in [-0.1, -0.05) is 13.8 Å². The molecule has 3 amide bonds. The van der Waals surface area contributed by atoms with E-state index >= 15 is 0 Å². The number of carbonyl (C=O) groups excluding carboxylic acids is 4. The lowest BCUT2D eigenvalue weighted by Gasteiger charge is -2.29. The summed E-state index contributed by atoms with van der Waals surface area (Å²) in [6, 6.07) is 7.24. The smallest absolute Gasteiger partial charge is 0.260 e. The molecule has 10 nitrogen and oxygen atoms in total. The summed E-state index contributed by atoms with van der Waals surface area (Å²) >= 11 is 0. The summed E-state index contributed by atoms with van der Waals surface area (Å²) in [6.07, 6.45) is 2.24. The van der Waals surface area contributed by atoms with Crippen molar-refractivity contribution in [2.45, 2.75) is 44.8 Å². The molecule has 3 atom stereocenters. The lowest BCUT2D eigenvalue weighted by atomic mass is 10.0. The first-order valence-electron chi connectivity index (χ1n) is 11.7. The highest BCUT2D eigenvalue weighted by Crippen LogP contribution is 2.31. The highest BCUT2D eigenvalue weighted by molar-refractivity contribution is 6.03. The van der Waals surface area contributed by atoms with Crippen LogP contribution in [0.5, 0.6) is 0 Å². The quantitative estimate of drug-likeness (QED) is 0.523. The molecule has 35 heavy (non-hydrogen) atoms. The number of nitrogens with one attached hydrogen (secondary N) is 2. The third-order valence-corrected chi connectivity index (χ3v) is 6.50. The number of Topliss-reactive ketones (excluding diaryl/α,β-unsaturated/α-hetero) is 1. The van der Waals surface area contributed by atoms with Crippen LogP contribution in [0.3, 0.4) is 0 Å². The zero-order valence-corrected chi connectivity index (χ0v) is 19.7. The molecule has 2 aliphatic heterocycles. The fourth-order valence-electron chi connectivity index (χ4n) is 4.85. The average molecular weight is 480 g/mol. The monoisotopic (exact) mass is 479 g/mol. The SMILES string of the molecule is CC(C)CC(NC(=O)c1ccc(N)cc1)C(=O)N1CCC2C1C(=O)CN2C(=O)c1ccc[nH]c1=O. The molecule has 2 saturated heterocycles. The highest BCUT2D eigenvalue weighted by atomic mass is 16.2. The van der Waals surface area contributed by atoms with E-state index in [-0.39, 0.29) is 36.3 Å². The van der Waals surface area contributed by atoms with Gasteiger partial charge in [0.15, 0.2) is 5.78 Å². The number of likely N-dealkylation sites (tertiary alicyclic amines) is 2. The van der Waals surface area contributed by atoms with Crippen LogP contribution >= 0.6 is 0 Å². The summed E-state index contributed by atoms with van der Waals surface area (Å²) in [6.45, 7) is 4.00. The molecule has 2 aliphatic rings. The van der Waals surface area contributed by atoms with Crippen LogP contribution in [0.15, 0.2) is 47.4 Å². The summed E-state index contributed by atoms with van der Waals surface area (Å²) < 4.78 is 0. The molecular formula is C25H29N5O5. The number of rotatable bonds is 6. The van der Waals surface area contributed by atoms with Crippen molar-refractivity contribution >= 4 is 29.2 Å². The van der Waals surface area contributed by atoms with Gasteiger partial charge in [0.2, 0.25) is 5.91 Å². The van der Waals surface area contributed by atoms with Gasteiger partial charge in [0.25, 0.3) is 17.4 Å². The number of ketones is 1. The summed E-state index contributed by atoms with van der Waals surface area (Å²) in [7, 11) is 0. The third kappa shape index (κ3) is 4.82. The van der Waals surface area contributed by atoms with Gasteiger partial charge in [-0.25, -0.2) is 0 Å². The van der Waals surface area contributed by atoms with Crippen LogP contribution < -0.4 is 16.6 Å². The Kier molecular flexibility index (Phi) is 6.72. The minimum atomic E-state index is -0.826. The van der Waals surface area contributed by atoms with E-state index in [9.17, 15) is 24.0 Å². The molecule has 0 spiro atoms. The Hall–Kier alpha value is -3.95. The maximum Gasteiger partial charge on any atom is 0.260 e. The number of anilines is 1. The maximum absolute atomic E-state index is 13.6. The zero-order valence-electron chi connectivity index (χ0n) is 19.7. The molecule has 4 rings (SSSR count). The minimum absolute atomic E-state index is 0.0424. The Bertz CT molecular complexity index is 1210. The van der Waals surface area contributed by atoms with Crippen LogP contribution in [0, 0.1) is 5.92 Å². The topological polar surface area (TPSA) is 146 Å². The van der Waals surface area contributed by atoms with Crippen LogP contribution in [0.4, 0.5) is 5.69 Å². The predicted molar refractivity (Wildman–Crippen MR) is 129 cm³/mol. The number of benzene rings is 1. The molecule has 3 heterocycles. The number of hydrogen-bond donors (Lipinski definition) is 3. The number of fused-ring (bicyclic) bond motifs is 1. The second-order valence-corrected chi connectivity index (χ2v) is 9.42.